The molecule has 0 aromatic heterocycles. The van der Waals surface area contributed by atoms with E-state index in [9.17, 15) is 0 Å². The van der Waals surface area contributed by atoms with Crippen molar-refractivity contribution in [2.75, 3.05) is 14.2 Å². The third kappa shape index (κ3) is 2.10. The molecule has 1 aliphatic carbocycles. The molecule has 0 bridgehead atoms. The number of aryl methyl sites for hydroxylation is 1. The monoisotopic (exact) mass is 236 g/mol. The van der Waals surface area contributed by atoms with Gasteiger partial charge in [0.2, 0.25) is 0 Å². The van der Waals surface area contributed by atoms with Crippen LogP contribution in [-0.2, 0) is 0 Å². The predicted molar refractivity (Wildman–Crippen MR) is 67.4 cm³/mol. The van der Waals surface area contributed by atoms with E-state index in [1.807, 2.05) is 19.1 Å². The molecule has 0 saturated heterocycles. The van der Waals surface area contributed by atoms with E-state index in [1.54, 1.807) is 14.2 Å². The van der Waals surface area contributed by atoms with Crippen LogP contribution in [0.3, 0.4) is 0 Å². The van der Waals surface area contributed by atoms with Crippen LogP contribution in [0.25, 0.3) is 0 Å². The number of rotatable bonds is 4. The number of nitrogens with two attached hydrogens (primary N) is 2. The first-order chi connectivity index (χ1) is 8.01. The zero-order valence-electron chi connectivity index (χ0n) is 10.6. The van der Waals surface area contributed by atoms with Crippen LogP contribution in [0.2, 0.25) is 0 Å². The maximum atomic E-state index is 6.23. The van der Waals surface area contributed by atoms with E-state index in [0.717, 1.165) is 29.7 Å². The number of hydrogen-bond acceptors (Lipinski definition) is 4. The first-order valence-corrected chi connectivity index (χ1v) is 5.79. The minimum absolute atomic E-state index is 0.137. The molecule has 1 fully saturated rings. The summed E-state index contributed by atoms with van der Waals surface area (Å²) in [5.74, 6) is 1.43. The van der Waals surface area contributed by atoms with Crippen molar-refractivity contribution in [1.82, 2.24) is 0 Å². The lowest BCUT2D eigenvalue weighted by Gasteiger charge is -2.22. The molecule has 1 atom stereocenters. The SMILES string of the molecule is COc1cc(C)c(C(N)C2(N)CC2)cc1OC. The Labute approximate surface area is 102 Å². The van der Waals surface area contributed by atoms with E-state index >= 15 is 0 Å². The highest BCUT2D eigenvalue weighted by atomic mass is 16.5. The van der Waals surface area contributed by atoms with Crippen LogP contribution < -0.4 is 20.9 Å². The number of benzene rings is 1. The molecule has 17 heavy (non-hydrogen) atoms. The number of hydrogen-bond donors (Lipinski definition) is 2. The van der Waals surface area contributed by atoms with Gasteiger partial charge in [0.1, 0.15) is 0 Å². The standard InChI is InChI=1S/C13H20N2O2/c1-8-6-10(16-2)11(17-3)7-9(8)12(14)13(15)4-5-13/h6-7,12H,4-5,14-15H2,1-3H3. The maximum Gasteiger partial charge on any atom is 0.161 e. The van der Waals surface area contributed by atoms with E-state index in [4.69, 9.17) is 20.9 Å². The zero-order valence-corrected chi connectivity index (χ0v) is 10.6. The molecule has 4 N–H and O–H groups in total. The smallest absolute Gasteiger partial charge is 0.161 e. The molecule has 94 valence electrons. The summed E-state index contributed by atoms with van der Waals surface area (Å²) in [6.07, 6.45) is 1.98. The average Bonchev–Trinajstić information content (AvgIpc) is 3.07. The molecule has 0 heterocycles. The van der Waals surface area contributed by atoms with E-state index < -0.39 is 0 Å². The van der Waals surface area contributed by atoms with Gasteiger partial charge in [0.15, 0.2) is 11.5 Å². The Morgan fingerprint density at radius 3 is 2.18 bits per heavy atom. The number of methoxy groups -OCH3 is 2. The van der Waals surface area contributed by atoms with Gasteiger partial charge in [-0.1, -0.05) is 0 Å². The summed E-state index contributed by atoms with van der Waals surface area (Å²) in [4.78, 5) is 0. The molecule has 1 aromatic carbocycles. The largest absolute Gasteiger partial charge is 0.493 e. The molecule has 4 nitrogen and oxygen atoms in total. The molecule has 1 saturated carbocycles. The van der Waals surface area contributed by atoms with Crippen molar-refractivity contribution in [3.8, 4) is 11.5 Å². The van der Waals surface area contributed by atoms with Gasteiger partial charge >= 0.3 is 0 Å². The highest BCUT2D eigenvalue weighted by molar-refractivity contribution is 5.49. The van der Waals surface area contributed by atoms with Crippen LogP contribution in [0.15, 0.2) is 12.1 Å². The van der Waals surface area contributed by atoms with Crippen LogP contribution in [-0.4, -0.2) is 19.8 Å². The van der Waals surface area contributed by atoms with Crippen LogP contribution >= 0.6 is 0 Å². The molecule has 0 radical (unpaired) electrons. The predicted octanol–water partition coefficient (Wildman–Crippen LogP) is 1.50. The fraction of sp³-hybridized carbons (Fsp3) is 0.538. The normalized spacial score (nSPS) is 18.6. The Hall–Kier alpha value is -1.26. The van der Waals surface area contributed by atoms with Crippen LogP contribution in [0.1, 0.15) is 30.0 Å². The molecule has 0 aliphatic heterocycles. The van der Waals surface area contributed by atoms with Gasteiger partial charge < -0.3 is 20.9 Å². The quantitative estimate of drug-likeness (QED) is 0.831. The average molecular weight is 236 g/mol. The lowest BCUT2D eigenvalue weighted by Crippen LogP contribution is -2.36. The van der Waals surface area contributed by atoms with Crippen molar-refractivity contribution in [2.45, 2.75) is 31.3 Å². The first-order valence-electron chi connectivity index (χ1n) is 5.79. The maximum absolute atomic E-state index is 6.23. The van der Waals surface area contributed by atoms with Gasteiger partial charge in [-0.25, -0.2) is 0 Å². The van der Waals surface area contributed by atoms with Gasteiger partial charge in [-0.05, 0) is 43.0 Å². The van der Waals surface area contributed by atoms with Gasteiger partial charge in [-0.2, -0.15) is 0 Å². The van der Waals surface area contributed by atoms with E-state index in [2.05, 4.69) is 0 Å². The van der Waals surface area contributed by atoms with Crippen molar-refractivity contribution >= 4 is 0 Å². The van der Waals surface area contributed by atoms with Crippen LogP contribution in [0, 0.1) is 6.92 Å². The second kappa shape index (κ2) is 4.20. The van der Waals surface area contributed by atoms with Crippen molar-refractivity contribution < 1.29 is 9.47 Å². The molecular formula is C13H20N2O2. The summed E-state index contributed by atoms with van der Waals surface area (Å²) in [5.41, 5.74) is 14.3. The second-order valence-corrected chi connectivity index (χ2v) is 4.77. The Morgan fingerprint density at radius 2 is 1.71 bits per heavy atom. The van der Waals surface area contributed by atoms with E-state index in [-0.39, 0.29) is 11.6 Å². The lowest BCUT2D eigenvalue weighted by atomic mass is 9.94. The molecule has 0 spiro atoms. The van der Waals surface area contributed by atoms with Gasteiger partial charge in [-0.3, -0.25) is 0 Å². The second-order valence-electron chi connectivity index (χ2n) is 4.77. The van der Waals surface area contributed by atoms with Crippen molar-refractivity contribution in [3.05, 3.63) is 23.3 Å². The summed E-state index contributed by atoms with van der Waals surface area (Å²) in [7, 11) is 3.25. The molecule has 1 aliphatic rings. The van der Waals surface area contributed by atoms with Gasteiger partial charge in [0, 0.05) is 11.6 Å². The first kappa shape index (κ1) is 12.2. The summed E-state index contributed by atoms with van der Waals surface area (Å²) in [6.45, 7) is 2.02. The molecule has 0 amide bonds. The molecule has 1 unspecified atom stereocenters. The summed E-state index contributed by atoms with van der Waals surface area (Å²) >= 11 is 0. The Bertz CT molecular complexity index is 428. The summed E-state index contributed by atoms with van der Waals surface area (Å²) in [6, 6.07) is 3.74. The van der Waals surface area contributed by atoms with Crippen molar-refractivity contribution in [2.24, 2.45) is 11.5 Å². The summed E-state index contributed by atoms with van der Waals surface area (Å²) < 4.78 is 10.5. The fourth-order valence-electron chi connectivity index (χ4n) is 2.10. The minimum Gasteiger partial charge on any atom is -0.493 e. The summed E-state index contributed by atoms with van der Waals surface area (Å²) in [5, 5.41) is 0. The molecule has 1 aromatic rings. The highest BCUT2D eigenvalue weighted by Crippen LogP contribution is 2.44. The van der Waals surface area contributed by atoms with E-state index in [1.165, 1.54) is 0 Å². The van der Waals surface area contributed by atoms with Gasteiger partial charge in [0.05, 0.1) is 14.2 Å². The molecule has 2 rings (SSSR count). The Kier molecular flexibility index (Phi) is 3.02. The zero-order chi connectivity index (χ0) is 12.6. The van der Waals surface area contributed by atoms with Crippen molar-refractivity contribution in [1.29, 1.82) is 0 Å². The number of ether oxygens (including phenoxy) is 2. The minimum atomic E-state index is -0.232. The molecule has 4 heteroatoms. The third-order valence-corrected chi connectivity index (χ3v) is 3.55. The van der Waals surface area contributed by atoms with Gasteiger partial charge in [0.25, 0.3) is 0 Å². The molecular weight excluding hydrogens is 216 g/mol. The topological polar surface area (TPSA) is 70.5 Å². The fourth-order valence-corrected chi connectivity index (χ4v) is 2.10. The highest BCUT2D eigenvalue weighted by Gasteiger charge is 2.45. The van der Waals surface area contributed by atoms with Gasteiger partial charge in [-0.15, -0.1) is 0 Å². The van der Waals surface area contributed by atoms with Crippen LogP contribution in [0.5, 0.6) is 11.5 Å². The lowest BCUT2D eigenvalue weighted by molar-refractivity contribution is 0.353. The Balaban J connectivity index is 2.40. The van der Waals surface area contributed by atoms with E-state index in [0.29, 0.717) is 5.75 Å². The van der Waals surface area contributed by atoms with Crippen LogP contribution in [0.4, 0.5) is 0 Å². The third-order valence-electron chi connectivity index (χ3n) is 3.55. The van der Waals surface area contributed by atoms with Crippen molar-refractivity contribution in [3.63, 3.8) is 0 Å². The Morgan fingerprint density at radius 1 is 1.18 bits per heavy atom.